The third kappa shape index (κ3) is 20.2. The van der Waals surface area contributed by atoms with E-state index in [4.69, 9.17) is 7.16 Å². The molecule has 0 fully saturated rings. The zero-order chi connectivity index (χ0) is 3.58. The molecule has 0 saturated carbocycles. The van der Waals surface area contributed by atoms with Crippen LogP contribution in [0.2, 0.25) is 0 Å². The standard InChI is InChI=1S/Cs.2O.S.W/q+1;;-1;;. The van der Waals surface area contributed by atoms with Crippen LogP contribution < -0.4 is 72.7 Å². The molecule has 0 aliphatic carbocycles. The average molecular weight is 381 g/mol. The third-order valence-corrected chi connectivity index (χ3v) is 0. The zero-order valence-corrected chi connectivity index (χ0v) is 12.7. The quantitative estimate of drug-likeness (QED) is 0.435. The molecule has 25 valence electrons. The summed E-state index contributed by atoms with van der Waals surface area (Å²) in [7, 11) is 3.70. The molecular formula is CsO2SW. The van der Waals surface area contributed by atoms with Crippen LogP contribution in [0.3, 0.4) is 0 Å². The van der Waals surface area contributed by atoms with Crippen LogP contribution in [0.25, 0.3) is 0 Å². The van der Waals surface area contributed by atoms with Gasteiger partial charge in [-0.05, 0) is 0 Å². The number of hydrogen-bond acceptors (Lipinski definition) is 3. The van der Waals surface area contributed by atoms with Crippen LogP contribution in [0.5, 0.6) is 0 Å². The van der Waals surface area contributed by atoms with Crippen molar-refractivity contribution in [2.45, 2.75) is 0 Å². The molecule has 0 N–H and O–H groups in total. The molecule has 0 aliphatic rings. The zero-order valence-electron chi connectivity index (χ0n) is 2.63. The van der Waals surface area contributed by atoms with Crippen LogP contribution in [0.1, 0.15) is 0 Å². The summed E-state index contributed by atoms with van der Waals surface area (Å²) < 4.78 is 18.0. The van der Waals surface area contributed by atoms with Gasteiger partial charge in [0.25, 0.3) is 0 Å². The van der Waals surface area contributed by atoms with Crippen molar-refractivity contribution < 1.29 is 91.9 Å². The summed E-state index contributed by atoms with van der Waals surface area (Å²) in [6, 6.07) is 0. The predicted octanol–water partition coefficient (Wildman–Crippen LogP) is -3.66. The van der Waals surface area contributed by atoms with Gasteiger partial charge in [0, 0.05) is 0 Å². The summed E-state index contributed by atoms with van der Waals surface area (Å²) in [6.07, 6.45) is 0. The Bertz CT molecular complexity index is 58.0. The SMILES string of the molecule is [Cs+].[O]=[W]([O-])=[S]. The molecule has 0 aliphatic heterocycles. The van der Waals surface area contributed by atoms with Crippen molar-refractivity contribution in [3.05, 3.63) is 0 Å². The van der Waals surface area contributed by atoms with Crippen LogP contribution in [-0.4, -0.2) is 0 Å². The second kappa shape index (κ2) is 6.72. The first kappa shape index (κ1) is 10.7. The van der Waals surface area contributed by atoms with E-state index in [0.29, 0.717) is 0 Å². The molecule has 0 aromatic heterocycles. The second-order valence-corrected chi connectivity index (χ2v) is 3.90. The maximum absolute atomic E-state index is 8.98. The van der Waals surface area contributed by atoms with Crippen molar-refractivity contribution in [2.24, 2.45) is 0 Å². The molecule has 0 atom stereocenters. The molecule has 5 heavy (non-hydrogen) atoms. The fourth-order valence-electron chi connectivity index (χ4n) is 0. The Morgan fingerprint density at radius 2 is 1.80 bits per heavy atom. The third-order valence-electron chi connectivity index (χ3n) is 0. The molecule has 0 spiro atoms. The Morgan fingerprint density at radius 3 is 1.80 bits per heavy atom. The molecule has 5 heteroatoms. The van der Waals surface area contributed by atoms with E-state index in [0.717, 1.165) is 0 Å². The van der Waals surface area contributed by atoms with Gasteiger partial charge >= 0.3 is 102 Å². The van der Waals surface area contributed by atoms with Gasteiger partial charge in [-0.1, -0.05) is 0 Å². The average Bonchev–Trinajstić information content (AvgIpc) is 0.811. The van der Waals surface area contributed by atoms with Gasteiger partial charge in [0.05, 0.1) is 0 Å². The molecule has 0 saturated heterocycles. The van der Waals surface area contributed by atoms with Crippen molar-refractivity contribution in [1.29, 1.82) is 0 Å². The monoisotopic (exact) mass is 381 g/mol. The molecule has 0 radical (unpaired) electrons. The summed E-state index contributed by atoms with van der Waals surface area (Å²) in [4.78, 5) is 0. The van der Waals surface area contributed by atoms with E-state index >= 15 is 0 Å². The molecular weight excluding hydrogens is 381 g/mol. The van der Waals surface area contributed by atoms with Gasteiger partial charge in [-0.25, -0.2) is 0 Å². The molecule has 0 amide bonds. The van der Waals surface area contributed by atoms with E-state index in [-0.39, 0.29) is 68.9 Å². The van der Waals surface area contributed by atoms with Crippen LogP contribution in [0, 0.1) is 0 Å². The van der Waals surface area contributed by atoms with Crippen LogP contribution in [0.15, 0.2) is 0 Å². The van der Waals surface area contributed by atoms with Crippen molar-refractivity contribution in [1.82, 2.24) is 0 Å². The fourth-order valence-corrected chi connectivity index (χ4v) is 0. The molecule has 0 bridgehead atoms. The Labute approximate surface area is 98.5 Å². The van der Waals surface area contributed by atoms with Crippen LogP contribution in [-0.2, 0) is 19.2 Å². The molecule has 0 aromatic carbocycles. The summed E-state index contributed by atoms with van der Waals surface area (Å²) >= 11 is -3.44. The van der Waals surface area contributed by atoms with Crippen molar-refractivity contribution in [3.8, 4) is 0 Å². The summed E-state index contributed by atoms with van der Waals surface area (Å²) in [5, 5.41) is 0. The number of rotatable bonds is 0. The van der Waals surface area contributed by atoms with Gasteiger partial charge in [0.15, 0.2) is 0 Å². The normalized spacial score (nSPS) is 5.00. The van der Waals surface area contributed by atoms with Crippen molar-refractivity contribution in [2.75, 3.05) is 0 Å². The minimum absolute atomic E-state index is 0. The summed E-state index contributed by atoms with van der Waals surface area (Å²) in [5.41, 5.74) is 0. The Morgan fingerprint density at radius 1 is 1.80 bits per heavy atom. The Kier molecular flexibility index (Phi) is 14.3. The fraction of sp³-hybridized carbons (Fsp3) is 0. The molecule has 0 rings (SSSR count). The molecule has 0 unspecified atom stereocenters. The predicted molar refractivity (Wildman–Crippen MR) is 8.28 cm³/mol. The summed E-state index contributed by atoms with van der Waals surface area (Å²) in [5.74, 6) is 0. The van der Waals surface area contributed by atoms with Gasteiger partial charge < -0.3 is 0 Å². The first-order valence-electron chi connectivity index (χ1n) is 0.500. The van der Waals surface area contributed by atoms with Crippen LogP contribution >= 0.6 is 9.82 Å². The molecule has 0 aromatic rings. The first-order chi connectivity index (χ1) is 1.73. The van der Waals surface area contributed by atoms with Gasteiger partial charge in [-0.15, -0.1) is 0 Å². The summed E-state index contributed by atoms with van der Waals surface area (Å²) in [6.45, 7) is 0. The van der Waals surface area contributed by atoms with E-state index in [2.05, 4.69) is 9.82 Å². The van der Waals surface area contributed by atoms with E-state index in [1.165, 1.54) is 0 Å². The van der Waals surface area contributed by atoms with E-state index < -0.39 is 15.8 Å². The van der Waals surface area contributed by atoms with Gasteiger partial charge in [0.2, 0.25) is 0 Å². The van der Waals surface area contributed by atoms with Gasteiger partial charge in [0.1, 0.15) is 0 Å². The minimum atomic E-state index is -3.44. The topological polar surface area (TPSA) is 40.1 Å². The van der Waals surface area contributed by atoms with E-state index in [1.807, 2.05) is 0 Å². The first-order valence-corrected chi connectivity index (χ1v) is 6.82. The van der Waals surface area contributed by atoms with Gasteiger partial charge in [-0.2, -0.15) is 0 Å². The maximum atomic E-state index is 8.98. The van der Waals surface area contributed by atoms with E-state index in [1.54, 1.807) is 0 Å². The van der Waals surface area contributed by atoms with Crippen molar-refractivity contribution in [3.63, 3.8) is 0 Å². The number of hydrogen-bond donors (Lipinski definition) is 0. The molecule has 0 heterocycles. The Hall–Kier alpha value is 2.72. The van der Waals surface area contributed by atoms with Gasteiger partial charge in [-0.3, -0.25) is 0 Å². The second-order valence-electron chi connectivity index (χ2n) is 0.204. The van der Waals surface area contributed by atoms with Crippen molar-refractivity contribution >= 4 is 9.82 Å². The van der Waals surface area contributed by atoms with E-state index in [9.17, 15) is 0 Å². The Balaban J connectivity index is 0. The van der Waals surface area contributed by atoms with Crippen LogP contribution in [0.4, 0.5) is 0 Å². The molecule has 2 nitrogen and oxygen atoms in total.